The van der Waals surface area contributed by atoms with Crippen LogP contribution in [0.2, 0.25) is 0 Å². The molecule has 0 aromatic heterocycles. The molecule has 0 radical (unpaired) electrons. The van der Waals surface area contributed by atoms with Crippen LogP contribution in [0.25, 0.3) is 0 Å². The maximum Gasteiger partial charge on any atom is 0.164 e. The van der Waals surface area contributed by atoms with Gasteiger partial charge in [-0.25, -0.2) is 0 Å². The predicted molar refractivity (Wildman–Crippen MR) is 87.3 cm³/mol. The van der Waals surface area contributed by atoms with E-state index in [9.17, 15) is 4.79 Å². The maximum atomic E-state index is 12.0. The standard InChI is InChI=1S/C18H20ClNO/c1-15(18(21)12-19)20(13-16-8-4-2-5-9-16)14-17-10-6-3-7-11-17/h2-11,15H,12-14H2,1H3/t15-/m0/s1. The molecule has 0 fully saturated rings. The van der Waals surface area contributed by atoms with E-state index in [0.717, 1.165) is 13.1 Å². The first kappa shape index (κ1) is 15.7. The number of carbonyl (C=O) groups excluding carboxylic acids is 1. The number of ketones is 1. The summed E-state index contributed by atoms with van der Waals surface area (Å²) in [5.74, 6) is 0.116. The lowest BCUT2D eigenvalue weighted by Gasteiger charge is -2.28. The van der Waals surface area contributed by atoms with E-state index in [-0.39, 0.29) is 17.7 Å². The fourth-order valence-corrected chi connectivity index (χ4v) is 2.50. The molecular weight excluding hydrogens is 282 g/mol. The zero-order chi connectivity index (χ0) is 15.1. The van der Waals surface area contributed by atoms with Gasteiger partial charge in [-0.15, -0.1) is 11.6 Å². The Morgan fingerprint density at radius 2 is 1.38 bits per heavy atom. The first-order valence-corrected chi connectivity index (χ1v) is 7.64. The van der Waals surface area contributed by atoms with Gasteiger partial charge >= 0.3 is 0 Å². The highest BCUT2D eigenvalue weighted by atomic mass is 35.5. The van der Waals surface area contributed by atoms with Crippen LogP contribution in [0, 0.1) is 0 Å². The number of alkyl halides is 1. The molecule has 0 spiro atoms. The fourth-order valence-electron chi connectivity index (χ4n) is 2.28. The molecule has 2 nitrogen and oxygen atoms in total. The number of benzene rings is 2. The summed E-state index contributed by atoms with van der Waals surface area (Å²) in [5.41, 5.74) is 2.39. The number of hydrogen-bond acceptors (Lipinski definition) is 2. The van der Waals surface area contributed by atoms with Gasteiger partial charge in [0.1, 0.15) is 0 Å². The molecule has 21 heavy (non-hydrogen) atoms. The highest BCUT2D eigenvalue weighted by Crippen LogP contribution is 2.14. The van der Waals surface area contributed by atoms with Crippen molar-refractivity contribution in [3.8, 4) is 0 Å². The first-order chi connectivity index (χ1) is 10.2. The molecule has 0 bridgehead atoms. The van der Waals surface area contributed by atoms with Gasteiger partial charge in [0.2, 0.25) is 0 Å². The summed E-state index contributed by atoms with van der Waals surface area (Å²) in [6, 6.07) is 20.2. The number of rotatable bonds is 7. The van der Waals surface area contributed by atoms with Crippen molar-refractivity contribution in [1.82, 2.24) is 4.90 Å². The molecule has 0 unspecified atom stereocenters. The second-order valence-electron chi connectivity index (χ2n) is 5.15. The van der Waals surface area contributed by atoms with Gasteiger partial charge < -0.3 is 0 Å². The molecule has 2 rings (SSSR count). The van der Waals surface area contributed by atoms with Crippen molar-refractivity contribution in [2.45, 2.75) is 26.1 Å². The SMILES string of the molecule is C[C@@H](C(=O)CCl)N(Cc1ccccc1)Cc1ccccc1. The van der Waals surface area contributed by atoms with Crippen molar-refractivity contribution in [1.29, 1.82) is 0 Å². The van der Waals surface area contributed by atoms with E-state index in [0.29, 0.717) is 0 Å². The maximum absolute atomic E-state index is 12.0. The molecule has 0 aliphatic heterocycles. The number of nitrogens with zero attached hydrogens (tertiary/aromatic N) is 1. The van der Waals surface area contributed by atoms with Crippen LogP contribution in [0.3, 0.4) is 0 Å². The third-order valence-electron chi connectivity index (χ3n) is 3.60. The Bertz CT molecular complexity index is 514. The van der Waals surface area contributed by atoms with Crippen LogP contribution >= 0.6 is 11.6 Å². The van der Waals surface area contributed by atoms with Crippen molar-refractivity contribution >= 4 is 17.4 Å². The van der Waals surface area contributed by atoms with E-state index in [1.807, 2.05) is 43.3 Å². The van der Waals surface area contributed by atoms with E-state index in [1.54, 1.807) is 0 Å². The molecule has 2 aromatic rings. The lowest BCUT2D eigenvalue weighted by Crippen LogP contribution is -2.38. The highest BCUT2D eigenvalue weighted by Gasteiger charge is 2.20. The number of Topliss-reactive ketones (excluding diaryl/α,β-unsaturated/α-hetero) is 1. The van der Waals surface area contributed by atoms with Gasteiger partial charge in [0.15, 0.2) is 5.78 Å². The molecule has 0 amide bonds. The van der Waals surface area contributed by atoms with Crippen LogP contribution in [0.15, 0.2) is 60.7 Å². The van der Waals surface area contributed by atoms with Crippen LogP contribution in [-0.4, -0.2) is 22.6 Å². The summed E-state index contributed by atoms with van der Waals surface area (Å²) < 4.78 is 0. The van der Waals surface area contributed by atoms with Crippen molar-refractivity contribution < 1.29 is 4.79 Å². The van der Waals surface area contributed by atoms with E-state index < -0.39 is 0 Å². The van der Waals surface area contributed by atoms with Crippen molar-refractivity contribution in [3.63, 3.8) is 0 Å². The Morgan fingerprint density at radius 1 is 0.952 bits per heavy atom. The molecule has 110 valence electrons. The monoisotopic (exact) mass is 301 g/mol. The summed E-state index contributed by atoms with van der Waals surface area (Å²) in [6.45, 7) is 3.40. The normalized spacial score (nSPS) is 12.3. The quantitative estimate of drug-likeness (QED) is 0.723. The Hall–Kier alpha value is -1.64. The number of hydrogen-bond donors (Lipinski definition) is 0. The van der Waals surface area contributed by atoms with Crippen LogP contribution in [0.5, 0.6) is 0 Å². The zero-order valence-corrected chi connectivity index (χ0v) is 13.0. The average Bonchev–Trinajstić information content (AvgIpc) is 2.54. The molecule has 0 N–H and O–H groups in total. The summed E-state index contributed by atoms with van der Waals surface area (Å²) in [6.07, 6.45) is 0. The fraction of sp³-hybridized carbons (Fsp3) is 0.278. The van der Waals surface area contributed by atoms with Crippen molar-refractivity contribution in [2.24, 2.45) is 0 Å². The predicted octanol–water partition coefficient (Wildman–Crippen LogP) is 3.89. The molecular formula is C18H20ClNO. The van der Waals surface area contributed by atoms with Gasteiger partial charge in [0, 0.05) is 13.1 Å². The van der Waals surface area contributed by atoms with Gasteiger partial charge in [0.25, 0.3) is 0 Å². The number of halogens is 1. The van der Waals surface area contributed by atoms with Crippen LogP contribution in [-0.2, 0) is 17.9 Å². The minimum atomic E-state index is -0.192. The van der Waals surface area contributed by atoms with E-state index in [4.69, 9.17) is 11.6 Å². The summed E-state index contributed by atoms with van der Waals surface area (Å²) >= 11 is 5.72. The highest BCUT2D eigenvalue weighted by molar-refractivity contribution is 6.28. The molecule has 0 saturated carbocycles. The smallest absolute Gasteiger partial charge is 0.164 e. The van der Waals surface area contributed by atoms with E-state index in [2.05, 4.69) is 29.2 Å². The lowest BCUT2D eigenvalue weighted by atomic mass is 10.1. The molecule has 1 atom stereocenters. The topological polar surface area (TPSA) is 20.3 Å². The van der Waals surface area contributed by atoms with Gasteiger partial charge in [-0.2, -0.15) is 0 Å². The lowest BCUT2D eigenvalue weighted by molar-refractivity contribution is -0.121. The van der Waals surface area contributed by atoms with Crippen molar-refractivity contribution in [2.75, 3.05) is 5.88 Å². The largest absolute Gasteiger partial charge is 0.297 e. The Balaban J connectivity index is 2.15. The first-order valence-electron chi connectivity index (χ1n) is 7.11. The van der Waals surface area contributed by atoms with Gasteiger partial charge in [-0.1, -0.05) is 60.7 Å². The van der Waals surface area contributed by atoms with Gasteiger partial charge in [-0.3, -0.25) is 9.69 Å². The van der Waals surface area contributed by atoms with Crippen LogP contribution in [0.4, 0.5) is 0 Å². The van der Waals surface area contributed by atoms with E-state index >= 15 is 0 Å². The van der Waals surface area contributed by atoms with Gasteiger partial charge in [-0.05, 0) is 18.1 Å². The van der Waals surface area contributed by atoms with Crippen LogP contribution in [0.1, 0.15) is 18.1 Å². The second kappa shape index (κ2) is 7.96. The molecule has 0 aliphatic carbocycles. The Kier molecular flexibility index (Phi) is 5.97. The minimum Gasteiger partial charge on any atom is -0.297 e. The number of carbonyl (C=O) groups is 1. The minimum absolute atomic E-state index is 0.0568. The third-order valence-corrected chi connectivity index (χ3v) is 3.87. The molecule has 0 heterocycles. The zero-order valence-electron chi connectivity index (χ0n) is 12.2. The van der Waals surface area contributed by atoms with E-state index in [1.165, 1.54) is 11.1 Å². The summed E-state index contributed by atoms with van der Waals surface area (Å²) in [7, 11) is 0. The summed E-state index contributed by atoms with van der Waals surface area (Å²) in [5, 5.41) is 0. The molecule has 0 saturated heterocycles. The van der Waals surface area contributed by atoms with Crippen molar-refractivity contribution in [3.05, 3.63) is 71.8 Å². The third kappa shape index (κ3) is 4.69. The van der Waals surface area contributed by atoms with Crippen LogP contribution < -0.4 is 0 Å². The summed E-state index contributed by atoms with van der Waals surface area (Å²) in [4.78, 5) is 14.1. The molecule has 0 aliphatic rings. The Morgan fingerprint density at radius 3 is 1.76 bits per heavy atom. The average molecular weight is 302 g/mol. The second-order valence-corrected chi connectivity index (χ2v) is 5.42. The Labute approximate surface area is 131 Å². The molecule has 3 heteroatoms. The van der Waals surface area contributed by atoms with Gasteiger partial charge in [0.05, 0.1) is 11.9 Å². The molecule has 2 aromatic carbocycles.